The van der Waals surface area contributed by atoms with Gasteiger partial charge in [0.15, 0.2) is 0 Å². The molecule has 0 bridgehead atoms. The Hall–Kier alpha value is -0.900. The molecule has 90 valence electrons. The largest absolute Gasteiger partial charge is 0.466 e. The first-order valence-electron chi connectivity index (χ1n) is 5.70. The molecule has 0 amide bonds. The summed E-state index contributed by atoms with van der Waals surface area (Å²) in [6.07, 6.45) is 2.18. The van der Waals surface area contributed by atoms with Gasteiger partial charge in [-0.1, -0.05) is 13.8 Å². The Morgan fingerprint density at radius 1 is 1.56 bits per heavy atom. The highest BCUT2D eigenvalue weighted by molar-refractivity contribution is 7.09. The molecule has 1 aromatic heterocycles. The molecule has 0 saturated heterocycles. The Balaban J connectivity index is 2.47. The lowest BCUT2D eigenvalue weighted by Gasteiger charge is -2.05. The molecule has 0 radical (unpaired) electrons. The van der Waals surface area contributed by atoms with E-state index in [9.17, 15) is 4.79 Å². The van der Waals surface area contributed by atoms with E-state index in [2.05, 4.69) is 18.8 Å². The van der Waals surface area contributed by atoms with Crippen LogP contribution in [0.1, 0.15) is 37.8 Å². The Bertz CT molecular complexity index is 334. The zero-order valence-corrected chi connectivity index (χ0v) is 11.0. The number of esters is 1. The Morgan fingerprint density at radius 3 is 2.94 bits per heavy atom. The summed E-state index contributed by atoms with van der Waals surface area (Å²) in [4.78, 5) is 16.8. The van der Waals surface area contributed by atoms with Crippen LogP contribution >= 0.6 is 11.3 Å². The van der Waals surface area contributed by atoms with Crippen LogP contribution in [0.5, 0.6) is 0 Å². The molecule has 0 saturated carbocycles. The lowest BCUT2D eigenvalue weighted by Crippen LogP contribution is -2.06. The van der Waals surface area contributed by atoms with Gasteiger partial charge in [-0.05, 0) is 19.3 Å². The van der Waals surface area contributed by atoms with E-state index in [1.807, 2.05) is 12.4 Å². The second kappa shape index (κ2) is 6.63. The van der Waals surface area contributed by atoms with Gasteiger partial charge in [0.1, 0.15) is 0 Å². The van der Waals surface area contributed by atoms with Gasteiger partial charge in [-0.15, -0.1) is 11.3 Å². The van der Waals surface area contributed by atoms with Crippen molar-refractivity contribution in [2.24, 2.45) is 5.92 Å². The van der Waals surface area contributed by atoms with Gasteiger partial charge in [-0.25, -0.2) is 4.98 Å². The van der Waals surface area contributed by atoms with Gasteiger partial charge in [-0.2, -0.15) is 0 Å². The predicted octanol–water partition coefficient (Wildman–Crippen LogP) is 2.84. The van der Waals surface area contributed by atoms with Crippen molar-refractivity contribution >= 4 is 17.3 Å². The van der Waals surface area contributed by atoms with Crippen LogP contribution in [0.25, 0.3) is 0 Å². The zero-order chi connectivity index (χ0) is 12.0. The van der Waals surface area contributed by atoms with Gasteiger partial charge in [0.25, 0.3) is 0 Å². The van der Waals surface area contributed by atoms with E-state index in [4.69, 9.17) is 4.74 Å². The lowest BCUT2D eigenvalue weighted by atomic mass is 10.1. The Labute approximate surface area is 101 Å². The highest BCUT2D eigenvalue weighted by Gasteiger charge is 2.10. The first kappa shape index (κ1) is 13.2. The quantitative estimate of drug-likeness (QED) is 0.719. The summed E-state index contributed by atoms with van der Waals surface area (Å²) in [6, 6.07) is 0. The van der Waals surface area contributed by atoms with Crippen molar-refractivity contribution in [2.75, 3.05) is 6.61 Å². The van der Waals surface area contributed by atoms with Crippen LogP contribution in [-0.2, 0) is 22.4 Å². The number of aromatic nitrogens is 1. The summed E-state index contributed by atoms with van der Waals surface area (Å²) in [7, 11) is 0. The van der Waals surface area contributed by atoms with Crippen molar-refractivity contribution in [3.05, 3.63) is 16.1 Å². The molecule has 0 aromatic carbocycles. The summed E-state index contributed by atoms with van der Waals surface area (Å²) in [5.41, 5.74) is 2.92. The van der Waals surface area contributed by atoms with Gasteiger partial charge in [-0.3, -0.25) is 4.79 Å². The SMILES string of the molecule is CCOC(=O)CCc1ncsc1CC(C)C. The fraction of sp³-hybridized carbons (Fsp3) is 0.667. The van der Waals surface area contributed by atoms with E-state index in [1.54, 1.807) is 11.3 Å². The minimum absolute atomic E-state index is 0.133. The number of nitrogens with zero attached hydrogens (tertiary/aromatic N) is 1. The molecule has 0 fully saturated rings. The number of aryl methyl sites for hydroxylation is 1. The van der Waals surface area contributed by atoms with Crippen molar-refractivity contribution < 1.29 is 9.53 Å². The van der Waals surface area contributed by atoms with E-state index < -0.39 is 0 Å². The third-order valence-corrected chi connectivity index (χ3v) is 3.09. The topological polar surface area (TPSA) is 39.2 Å². The van der Waals surface area contributed by atoms with Gasteiger partial charge in [0.2, 0.25) is 0 Å². The maximum atomic E-state index is 11.2. The van der Waals surface area contributed by atoms with Crippen molar-refractivity contribution in [3.63, 3.8) is 0 Å². The van der Waals surface area contributed by atoms with Crippen molar-refractivity contribution in [1.82, 2.24) is 4.98 Å². The van der Waals surface area contributed by atoms with Gasteiger partial charge < -0.3 is 4.74 Å². The maximum Gasteiger partial charge on any atom is 0.306 e. The number of hydrogen-bond acceptors (Lipinski definition) is 4. The predicted molar refractivity (Wildman–Crippen MR) is 65.6 cm³/mol. The molecule has 1 aromatic rings. The summed E-state index contributed by atoms with van der Waals surface area (Å²) >= 11 is 1.68. The minimum atomic E-state index is -0.133. The van der Waals surface area contributed by atoms with Crippen LogP contribution in [0, 0.1) is 5.92 Å². The average molecular weight is 241 g/mol. The van der Waals surface area contributed by atoms with Crippen LogP contribution in [-0.4, -0.2) is 17.6 Å². The maximum absolute atomic E-state index is 11.2. The van der Waals surface area contributed by atoms with Crippen LogP contribution in [0.15, 0.2) is 5.51 Å². The number of carbonyl (C=O) groups is 1. The Morgan fingerprint density at radius 2 is 2.31 bits per heavy atom. The first-order chi connectivity index (χ1) is 7.63. The van der Waals surface area contributed by atoms with Crippen molar-refractivity contribution in [1.29, 1.82) is 0 Å². The van der Waals surface area contributed by atoms with E-state index in [-0.39, 0.29) is 5.97 Å². The summed E-state index contributed by atoms with van der Waals surface area (Å²) in [5.74, 6) is 0.493. The average Bonchev–Trinajstić information content (AvgIpc) is 2.62. The molecule has 0 N–H and O–H groups in total. The smallest absolute Gasteiger partial charge is 0.306 e. The van der Waals surface area contributed by atoms with Gasteiger partial charge >= 0.3 is 5.97 Å². The van der Waals surface area contributed by atoms with E-state index in [0.29, 0.717) is 25.4 Å². The standard InChI is InChI=1S/C12H19NO2S/c1-4-15-12(14)6-5-10-11(7-9(2)3)16-8-13-10/h8-9H,4-7H2,1-3H3. The molecule has 0 aliphatic heterocycles. The lowest BCUT2D eigenvalue weighted by molar-refractivity contribution is -0.143. The molecule has 0 aliphatic carbocycles. The van der Waals surface area contributed by atoms with Crippen molar-refractivity contribution in [2.45, 2.75) is 40.0 Å². The number of rotatable bonds is 6. The third kappa shape index (κ3) is 4.31. The number of ether oxygens (including phenoxy) is 1. The highest BCUT2D eigenvalue weighted by atomic mass is 32.1. The fourth-order valence-electron chi connectivity index (χ4n) is 1.49. The van der Waals surface area contributed by atoms with Crippen LogP contribution in [0.3, 0.4) is 0 Å². The molecule has 0 aliphatic rings. The van der Waals surface area contributed by atoms with Gasteiger partial charge in [0.05, 0.1) is 24.2 Å². The summed E-state index contributed by atoms with van der Waals surface area (Å²) in [6.45, 7) is 6.66. The number of carbonyl (C=O) groups excluding carboxylic acids is 1. The fourth-order valence-corrected chi connectivity index (χ4v) is 2.52. The molecule has 1 heterocycles. The molecule has 3 nitrogen and oxygen atoms in total. The zero-order valence-electron chi connectivity index (χ0n) is 10.2. The minimum Gasteiger partial charge on any atom is -0.466 e. The molecule has 0 atom stereocenters. The monoisotopic (exact) mass is 241 g/mol. The molecular formula is C12H19NO2S. The highest BCUT2D eigenvalue weighted by Crippen LogP contribution is 2.19. The molecular weight excluding hydrogens is 222 g/mol. The van der Waals surface area contributed by atoms with Crippen LogP contribution in [0.4, 0.5) is 0 Å². The normalized spacial score (nSPS) is 10.8. The molecule has 4 heteroatoms. The van der Waals surface area contributed by atoms with Crippen molar-refractivity contribution in [3.8, 4) is 0 Å². The number of thiazole rings is 1. The Kier molecular flexibility index (Phi) is 5.46. The van der Waals surface area contributed by atoms with E-state index >= 15 is 0 Å². The second-order valence-electron chi connectivity index (χ2n) is 4.13. The summed E-state index contributed by atoms with van der Waals surface area (Å²) in [5, 5.41) is 0. The second-order valence-corrected chi connectivity index (χ2v) is 5.06. The molecule has 16 heavy (non-hydrogen) atoms. The van der Waals surface area contributed by atoms with Crippen LogP contribution in [0.2, 0.25) is 0 Å². The van der Waals surface area contributed by atoms with E-state index in [1.165, 1.54) is 4.88 Å². The third-order valence-electron chi connectivity index (χ3n) is 2.19. The van der Waals surface area contributed by atoms with Crippen LogP contribution < -0.4 is 0 Å². The molecule has 1 rings (SSSR count). The van der Waals surface area contributed by atoms with Gasteiger partial charge in [0, 0.05) is 11.3 Å². The first-order valence-corrected chi connectivity index (χ1v) is 6.58. The molecule has 0 spiro atoms. The van der Waals surface area contributed by atoms with E-state index in [0.717, 1.165) is 12.1 Å². The number of hydrogen-bond donors (Lipinski definition) is 0. The molecule has 0 unspecified atom stereocenters. The summed E-state index contributed by atoms with van der Waals surface area (Å²) < 4.78 is 4.90.